The molecular weight excluding hydrogens is 777 g/mol. The van der Waals surface area contributed by atoms with Gasteiger partial charge in [0.25, 0.3) is 0 Å². The average Bonchev–Trinajstić information content (AvgIpc) is 4.01. The Morgan fingerprint density at radius 1 is 0.281 bits per heavy atom. The molecule has 0 unspecified atom stereocenters. The third kappa shape index (κ3) is 5.49. The molecule has 13 rings (SSSR count). The SMILES string of the molecule is c1ccc(-c2ccccc2N(c2ccc3c(c2)c2ccccc2n3-c2ccccc2)c2cc(-n3c4ccccc4c4ccccc43)c3c4ccccc4n(-c4ccccc4)c3c2)cc1. The quantitative estimate of drug-likeness (QED) is 0.157. The molecule has 0 atom stereocenters. The summed E-state index contributed by atoms with van der Waals surface area (Å²) in [5.74, 6) is 0. The lowest BCUT2D eigenvalue weighted by molar-refractivity contribution is 1.16. The molecule has 0 aliphatic rings. The highest BCUT2D eigenvalue weighted by atomic mass is 15.2. The van der Waals surface area contributed by atoms with Crippen LogP contribution in [0.15, 0.2) is 243 Å². The Bertz CT molecular complexity index is 3840. The Morgan fingerprint density at radius 3 is 1.36 bits per heavy atom. The standard InChI is InChI=1S/C60H40N4/c1-4-20-41(21-5-1)46-26-10-15-31-52(46)61(44-36-37-57-51(38-44)49-29-13-16-32-53(49)62(57)42-22-6-2-7-23-42)45-39-58-60(50-30-14-19-35-56(50)63(58)43-24-8-3-9-25-43)59(40-45)64-54-33-17-11-27-47(54)48-28-12-18-34-55(48)64/h1-40H. The normalized spacial score (nSPS) is 11.8. The molecular formula is C60H40N4. The van der Waals surface area contributed by atoms with E-state index in [1.807, 2.05) is 0 Å². The molecule has 0 spiro atoms. The summed E-state index contributed by atoms with van der Waals surface area (Å²) in [6, 6.07) is 88.3. The maximum absolute atomic E-state index is 2.50. The van der Waals surface area contributed by atoms with Crippen molar-refractivity contribution < 1.29 is 0 Å². The van der Waals surface area contributed by atoms with Crippen LogP contribution in [-0.4, -0.2) is 13.7 Å². The van der Waals surface area contributed by atoms with Gasteiger partial charge < -0.3 is 18.6 Å². The van der Waals surface area contributed by atoms with Gasteiger partial charge in [-0.25, -0.2) is 0 Å². The fourth-order valence-corrected chi connectivity index (χ4v) is 10.3. The molecule has 0 aliphatic carbocycles. The number of anilines is 3. The monoisotopic (exact) mass is 816 g/mol. The van der Waals surface area contributed by atoms with Crippen LogP contribution >= 0.6 is 0 Å². The van der Waals surface area contributed by atoms with E-state index in [1.54, 1.807) is 0 Å². The van der Waals surface area contributed by atoms with Crippen molar-refractivity contribution in [2.75, 3.05) is 4.90 Å². The van der Waals surface area contributed by atoms with Gasteiger partial charge in [0.2, 0.25) is 0 Å². The first kappa shape index (κ1) is 36.1. The summed E-state index contributed by atoms with van der Waals surface area (Å²) in [7, 11) is 0. The van der Waals surface area contributed by atoms with Crippen molar-refractivity contribution in [2.45, 2.75) is 0 Å². The van der Waals surface area contributed by atoms with E-state index in [1.165, 1.54) is 48.9 Å². The number of fused-ring (bicyclic) bond motifs is 9. The van der Waals surface area contributed by atoms with Crippen LogP contribution in [0.5, 0.6) is 0 Å². The Morgan fingerprint density at radius 2 is 0.734 bits per heavy atom. The van der Waals surface area contributed by atoms with Crippen molar-refractivity contribution in [1.29, 1.82) is 0 Å². The molecule has 0 saturated carbocycles. The van der Waals surface area contributed by atoms with Gasteiger partial charge in [0, 0.05) is 54.9 Å². The zero-order chi connectivity index (χ0) is 42.1. The molecule has 3 aromatic heterocycles. The molecule has 0 bridgehead atoms. The van der Waals surface area contributed by atoms with E-state index in [0.717, 1.165) is 61.8 Å². The molecule has 4 nitrogen and oxygen atoms in total. The van der Waals surface area contributed by atoms with E-state index >= 15 is 0 Å². The van der Waals surface area contributed by atoms with Crippen LogP contribution in [0, 0.1) is 0 Å². The second-order valence-corrected chi connectivity index (χ2v) is 16.5. The van der Waals surface area contributed by atoms with Crippen LogP contribution in [0.2, 0.25) is 0 Å². The summed E-state index contributed by atoms with van der Waals surface area (Å²) in [5.41, 5.74) is 15.9. The fraction of sp³-hybridized carbons (Fsp3) is 0. The van der Waals surface area contributed by atoms with Gasteiger partial charge in [-0.05, 0) is 90.5 Å². The molecule has 64 heavy (non-hydrogen) atoms. The van der Waals surface area contributed by atoms with Crippen LogP contribution in [0.3, 0.4) is 0 Å². The molecule has 0 saturated heterocycles. The third-order valence-electron chi connectivity index (χ3n) is 13.0. The number of benzene rings is 10. The predicted octanol–water partition coefficient (Wildman–Crippen LogP) is 16.1. The molecule has 0 aliphatic heterocycles. The lowest BCUT2D eigenvalue weighted by atomic mass is 10.0. The summed E-state index contributed by atoms with van der Waals surface area (Å²) < 4.78 is 7.33. The van der Waals surface area contributed by atoms with Crippen LogP contribution < -0.4 is 4.90 Å². The van der Waals surface area contributed by atoms with E-state index in [2.05, 4.69) is 261 Å². The number of aromatic nitrogens is 3. The minimum atomic E-state index is 1.05. The topological polar surface area (TPSA) is 18.0 Å². The highest BCUT2D eigenvalue weighted by molar-refractivity contribution is 6.18. The summed E-state index contributed by atoms with van der Waals surface area (Å²) in [6.07, 6.45) is 0. The summed E-state index contributed by atoms with van der Waals surface area (Å²) >= 11 is 0. The van der Waals surface area contributed by atoms with E-state index in [9.17, 15) is 0 Å². The molecule has 13 aromatic rings. The third-order valence-corrected chi connectivity index (χ3v) is 13.0. The molecule has 300 valence electrons. The number of rotatable bonds is 7. The van der Waals surface area contributed by atoms with Crippen molar-refractivity contribution in [2.24, 2.45) is 0 Å². The smallest absolute Gasteiger partial charge is 0.0583 e. The van der Waals surface area contributed by atoms with Crippen LogP contribution in [0.4, 0.5) is 17.1 Å². The maximum Gasteiger partial charge on any atom is 0.0583 e. The van der Waals surface area contributed by atoms with Gasteiger partial charge in [-0.2, -0.15) is 0 Å². The van der Waals surface area contributed by atoms with Crippen molar-refractivity contribution in [3.8, 4) is 28.2 Å². The van der Waals surface area contributed by atoms with Crippen LogP contribution in [0.1, 0.15) is 0 Å². The van der Waals surface area contributed by atoms with Crippen molar-refractivity contribution in [1.82, 2.24) is 13.7 Å². The van der Waals surface area contributed by atoms with E-state index in [4.69, 9.17) is 0 Å². The molecule has 3 heterocycles. The van der Waals surface area contributed by atoms with E-state index < -0.39 is 0 Å². The van der Waals surface area contributed by atoms with Gasteiger partial charge in [0.1, 0.15) is 0 Å². The zero-order valence-corrected chi connectivity index (χ0v) is 34.9. The highest BCUT2D eigenvalue weighted by Gasteiger charge is 2.25. The van der Waals surface area contributed by atoms with Gasteiger partial charge in [0.15, 0.2) is 0 Å². The summed E-state index contributed by atoms with van der Waals surface area (Å²) in [6.45, 7) is 0. The average molecular weight is 817 g/mol. The number of para-hydroxylation sites is 7. The Kier molecular flexibility index (Phi) is 8.18. The van der Waals surface area contributed by atoms with Crippen molar-refractivity contribution >= 4 is 82.5 Å². The second kappa shape index (κ2) is 14.5. The molecule has 4 heteroatoms. The second-order valence-electron chi connectivity index (χ2n) is 16.5. The van der Waals surface area contributed by atoms with Gasteiger partial charge in [-0.15, -0.1) is 0 Å². The number of hydrogen-bond donors (Lipinski definition) is 0. The van der Waals surface area contributed by atoms with Gasteiger partial charge >= 0.3 is 0 Å². The number of nitrogens with zero attached hydrogens (tertiary/aromatic N) is 4. The van der Waals surface area contributed by atoms with Gasteiger partial charge in [-0.3, -0.25) is 0 Å². The van der Waals surface area contributed by atoms with E-state index in [0.29, 0.717) is 0 Å². The first-order valence-electron chi connectivity index (χ1n) is 21.9. The molecule has 10 aromatic carbocycles. The Balaban J connectivity index is 1.19. The van der Waals surface area contributed by atoms with Gasteiger partial charge in [0.05, 0.1) is 50.2 Å². The molecule has 0 radical (unpaired) electrons. The van der Waals surface area contributed by atoms with Crippen molar-refractivity contribution in [3.63, 3.8) is 0 Å². The predicted molar refractivity (Wildman–Crippen MR) is 270 cm³/mol. The first-order chi connectivity index (χ1) is 31.8. The zero-order valence-electron chi connectivity index (χ0n) is 34.9. The van der Waals surface area contributed by atoms with Crippen LogP contribution in [-0.2, 0) is 0 Å². The molecule has 0 fully saturated rings. The lowest BCUT2D eigenvalue weighted by Crippen LogP contribution is -2.12. The highest BCUT2D eigenvalue weighted by Crippen LogP contribution is 2.48. The van der Waals surface area contributed by atoms with Gasteiger partial charge in [-0.1, -0.05) is 158 Å². The first-order valence-corrected chi connectivity index (χ1v) is 21.9. The van der Waals surface area contributed by atoms with Crippen molar-refractivity contribution in [3.05, 3.63) is 243 Å². The maximum atomic E-state index is 2.50. The molecule has 0 amide bonds. The lowest BCUT2D eigenvalue weighted by Gasteiger charge is -2.29. The molecule has 0 N–H and O–H groups in total. The van der Waals surface area contributed by atoms with E-state index in [-0.39, 0.29) is 0 Å². The number of hydrogen-bond acceptors (Lipinski definition) is 1. The summed E-state index contributed by atoms with van der Waals surface area (Å²) in [5, 5.41) is 7.28. The minimum Gasteiger partial charge on any atom is -0.310 e. The Hall–Kier alpha value is -8.60. The summed E-state index contributed by atoms with van der Waals surface area (Å²) in [4.78, 5) is 2.49. The van der Waals surface area contributed by atoms with Crippen LogP contribution in [0.25, 0.3) is 93.6 Å². The fourth-order valence-electron chi connectivity index (χ4n) is 10.3. The minimum absolute atomic E-state index is 1.05. The Labute approximate surface area is 370 Å². The largest absolute Gasteiger partial charge is 0.310 e.